The van der Waals surface area contributed by atoms with Gasteiger partial charge in [-0.3, -0.25) is 9.89 Å². The molecule has 0 radical (unpaired) electrons. The van der Waals surface area contributed by atoms with Crippen molar-refractivity contribution in [2.45, 2.75) is 18.6 Å². The number of halogens is 1. The van der Waals surface area contributed by atoms with Gasteiger partial charge in [0.1, 0.15) is 11.5 Å². The topological polar surface area (TPSA) is 115 Å². The number of aliphatic hydroxyl groups excluding tert-OH is 2. The average Bonchev–Trinajstić information content (AvgIpc) is 2.73. The van der Waals surface area contributed by atoms with E-state index in [9.17, 15) is 15.0 Å². The van der Waals surface area contributed by atoms with E-state index in [1.54, 1.807) is 0 Å². The molecule has 0 saturated heterocycles. The van der Waals surface area contributed by atoms with Crippen LogP contribution in [0.1, 0.15) is 18.2 Å². The van der Waals surface area contributed by atoms with E-state index in [1.807, 2.05) is 0 Å². The van der Waals surface area contributed by atoms with Crippen molar-refractivity contribution in [1.82, 2.24) is 20.2 Å². The van der Waals surface area contributed by atoms with Crippen LogP contribution >= 0.6 is 11.6 Å². The second-order valence-electron chi connectivity index (χ2n) is 3.56. The zero-order valence-electron chi connectivity index (χ0n) is 8.72. The molecule has 7 nitrogen and oxygen atoms in total. The summed E-state index contributed by atoms with van der Waals surface area (Å²) in [4.78, 5) is 17.8. The number of nitrogens with zero attached hydrogens (tertiary/aromatic N) is 2. The van der Waals surface area contributed by atoms with E-state index in [-0.39, 0.29) is 29.0 Å². The lowest BCUT2D eigenvalue weighted by molar-refractivity contribution is 0.0152. The van der Waals surface area contributed by atoms with Crippen LogP contribution < -0.4 is 5.56 Å². The largest absolute Gasteiger partial charge is 0.390 e. The molecule has 2 aromatic rings. The van der Waals surface area contributed by atoms with Crippen LogP contribution in [0.3, 0.4) is 0 Å². The minimum Gasteiger partial charge on any atom is -0.390 e. The van der Waals surface area contributed by atoms with Gasteiger partial charge in [-0.25, -0.2) is 4.98 Å². The Hall–Kier alpha value is -1.44. The summed E-state index contributed by atoms with van der Waals surface area (Å²) in [6.45, 7) is 0. The summed E-state index contributed by atoms with van der Waals surface area (Å²) >= 11 is 5.47. The fourth-order valence-electron chi connectivity index (χ4n) is 1.56. The molecule has 2 heterocycles. The van der Waals surface area contributed by atoms with Gasteiger partial charge in [0.25, 0.3) is 5.56 Å². The number of hydrogen-bond acceptors (Lipinski definition) is 5. The maximum atomic E-state index is 11.6. The molecular formula is C9H11ClN4O3. The highest BCUT2D eigenvalue weighted by molar-refractivity contribution is 6.17. The first kappa shape index (κ1) is 12.0. The summed E-state index contributed by atoms with van der Waals surface area (Å²) < 4.78 is 0. The summed E-state index contributed by atoms with van der Waals surface area (Å²) in [6, 6.07) is 0. The van der Waals surface area contributed by atoms with Crippen LogP contribution in [0.4, 0.5) is 0 Å². The van der Waals surface area contributed by atoms with Crippen LogP contribution in [0.25, 0.3) is 11.0 Å². The van der Waals surface area contributed by atoms with Gasteiger partial charge in [0.05, 0.1) is 18.1 Å². The Morgan fingerprint density at radius 2 is 2.24 bits per heavy atom. The third-order valence-electron chi connectivity index (χ3n) is 2.45. The molecular weight excluding hydrogens is 248 g/mol. The first-order valence-electron chi connectivity index (χ1n) is 4.99. The van der Waals surface area contributed by atoms with E-state index >= 15 is 0 Å². The summed E-state index contributed by atoms with van der Waals surface area (Å²) in [5.41, 5.74) is -0.0799. The molecule has 2 aromatic heterocycles. The first-order chi connectivity index (χ1) is 8.15. The van der Waals surface area contributed by atoms with E-state index < -0.39 is 17.8 Å². The number of hydrogen-bond donors (Lipinski definition) is 4. The fraction of sp³-hybridized carbons (Fsp3) is 0.444. The number of rotatable bonds is 4. The van der Waals surface area contributed by atoms with E-state index in [0.29, 0.717) is 0 Å². The molecule has 0 amide bonds. The number of alkyl halides is 1. The van der Waals surface area contributed by atoms with Gasteiger partial charge >= 0.3 is 0 Å². The number of nitrogens with one attached hydrogen (secondary N) is 2. The molecule has 2 rings (SSSR count). The number of H-pyrrole nitrogens is 2. The Bertz CT molecular complexity index is 567. The number of aromatic amines is 2. The highest BCUT2D eigenvalue weighted by Crippen LogP contribution is 2.21. The lowest BCUT2D eigenvalue weighted by Gasteiger charge is -2.14. The number of aliphatic hydroxyl groups is 2. The molecule has 0 fully saturated rings. The van der Waals surface area contributed by atoms with Crippen LogP contribution in [-0.2, 0) is 0 Å². The van der Waals surface area contributed by atoms with Crippen LogP contribution in [0.2, 0.25) is 0 Å². The van der Waals surface area contributed by atoms with Crippen molar-refractivity contribution in [3.05, 3.63) is 22.4 Å². The quantitative estimate of drug-likeness (QED) is 0.561. The average molecular weight is 259 g/mol. The van der Waals surface area contributed by atoms with Crippen LogP contribution in [0.5, 0.6) is 0 Å². The lowest BCUT2D eigenvalue weighted by atomic mass is 10.1. The van der Waals surface area contributed by atoms with Gasteiger partial charge in [-0.1, -0.05) is 0 Å². The summed E-state index contributed by atoms with van der Waals surface area (Å²) in [7, 11) is 0. The Labute approximate surface area is 100 Å². The highest BCUT2D eigenvalue weighted by atomic mass is 35.5. The molecule has 0 aliphatic rings. The SMILES string of the molecule is O=c1[nH]cnc2n[nH]c(C(O)C(O)CCCl)c12. The molecule has 0 aliphatic heterocycles. The lowest BCUT2D eigenvalue weighted by Crippen LogP contribution is -2.20. The molecule has 92 valence electrons. The third kappa shape index (κ3) is 2.17. The minimum absolute atomic E-state index is 0.145. The minimum atomic E-state index is -1.25. The maximum Gasteiger partial charge on any atom is 0.262 e. The smallest absolute Gasteiger partial charge is 0.262 e. The summed E-state index contributed by atoms with van der Waals surface area (Å²) in [5.74, 6) is 0.207. The van der Waals surface area contributed by atoms with Crippen molar-refractivity contribution in [2.24, 2.45) is 0 Å². The van der Waals surface area contributed by atoms with Crippen molar-refractivity contribution in [3.63, 3.8) is 0 Å². The standard InChI is InChI=1S/C9H11ClN4O3/c10-2-1-4(15)7(16)6-5-8(14-13-6)11-3-12-9(5)17/h3-4,7,15-16H,1-2H2,(H2,11,12,13,14,17). The number of aromatic nitrogens is 4. The van der Waals surface area contributed by atoms with Gasteiger partial charge in [0.2, 0.25) is 0 Å². The first-order valence-corrected chi connectivity index (χ1v) is 5.52. The van der Waals surface area contributed by atoms with E-state index in [4.69, 9.17) is 11.6 Å². The highest BCUT2D eigenvalue weighted by Gasteiger charge is 2.23. The molecule has 0 saturated carbocycles. The van der Waals surface area contributed by atoms with Gasteiger partial charge in [-0.15, -0.1) is 11.6 Å². The van der Waals surface area contributed by atoms with Gasteiger partial charge in [0.15, 0.2) is 5.65 Å². The summed E-state index contributed by atoms with van der Waals surface area (Å²) in [6.07, 6.45) is -0.877. The molecule has 0 aliphatic carbocycles. The van der Waals surface area contributed by atoms with E-state index in [1.165, 1.54) is 6.33 Å². The van der Waals surface area contributed by atoms with Crippen LogP contribution in [0.15, 0.2) is 11.1 Å². The molecule has 17 heavy (non-hydrogen) atoms. The van der Waals surface area contributed by atoms with Gasteiger partial charge < -0.3 is 15.2 Å². The van der Waals surface area contributed by atoms with Crippen molar-refractivity contribution in [2.75, 3.05) is 5.88 Å². The van der Waals surface area contributed by atoms with Crippen molar-refractivity contribution in [1.29, 1.82) is 0 Å². The Balaban J connectivity index is 2.45. The molecule has 8 heteroatoms. The van der Waals surface area contributed by atoms with Crippen LogP contribution in [-0.4, -0.2) is 42.4 Å². The zero-order chi connectivity index (χ0) is 12.4. The van der Waals surface area contributed by atoms with Crippen molar-refractivity contribution >= 4 is 22.6 Å². The molecule has 0 spiro atoms. The van der Waals surface area contributed by atoms with Gasteiger partial charge in [0, 0.05) is 5.88 Å². The molecule has 0 bridgehead atoms. The predicted molar refractivity (Wildman–Crippen MR) is 60.8 cm³/mol. The van der Waals surface area contributed by atoms with Crippen LogP contribution in [0, 0.1) is 0 Å². The molecule has 4 N–H and O–H groups in total. The normalized spacial score (nSPS) is 15.0. The Morgan fingerprint density at radius 1 is 1.47 bits per heavy atom. The van der Waals surface area contributed by atoms with Gasteiger partial charge in [-0.05, 0) is 6.42 Å². The Morgan fingerprint density at radius 3 is 2.94 bits per heavy atom. The Kier molecular flexibility index (Phi) is 3.41. The van der Waals surface area contributed by atoms with Crippen molar-refractivity contribution in [3.8, 4) is 0 Å². The fourth-order valence-corrected chi connectivity index (χ4v) is 1.79. The van der Waals surface area contributed by atoms with Crippen molar-refractivity contribution < 1.29 is 10.2 Å². The molecule has 2 unspecified atom stereocenters. The van der Waals surface area contributed by atoms with Gasteiger partial charge in [-0.2, -0.15) is 5.10 Å². The third-order valence-corrected chi connectivity index (χ3v) is 2.67. The molecule has 0 aromatic carbocycles. The number of fused-ring (bicyclic) bond motifs is 1. The second kappa shape index (κ2) is 4.82. The monoisotopic (exact) mass is 258 g/mol. The van der Waals surface area contributed by atoms with E-state index in [0.717, 1.165) is 0 Å². The van der Waals surface area contributed by atoms with E-state index in [2.05, 4.69) is 20.2 Å². The maximum absolute atomic E-state index is 11.6. The molecule has 2 atom stereocenters. The second-order valence-corrected chi connectivity index (χ2v) is 3.94. The zero-order valence-corrected chi connectivity index (χ0v) is 9.48. The summed E-state index contributed by atoms with van der Waals surface area (Å²) in [5, 5.41) is 25.9. The predicted octanol–water partition coefficient (Wildman–Crippen LogP) is -0.331.